The highest BCUT2D eigenvalue weighted by atomic mass is 32.2. The maximum atomic E-state index is 11.1. The summed E-state index contributed by atoms with van der Waals surface area (Å²) in [6.45, 7) is 7.05. The number of hydrogen-bond acceptors (Lipinski definition) is 9. The van der Waals surface area contributed by atoms with E-state index in [1.807, 2.05) is 24.9 Å². The number of rotatable bonds is 13. The van der Waals surface area contributed by atoms with Crippen molar-refractivity contribution in [2.24, 2.45) is 18.9 Å². The lowest BCUT2D eigenvalue weighted by Crippen LogP contribution is -2.33. The number of aryl methyl sites for hydroxylation is 2. The van der Waals surface area contributed by atoms with E-state index in [2.05, 4.69) is 38.3 Å². The fraction of sp³-hybridized carbons (Fsp3) is 0.593. The average molecular weight is 542 g/mol. The first kappa shape index (κ1) is 27.9. The Bertz CT molecular complexity index is 1210. The normalized spacial score (nSPS) is 17.5. The number of pyridine rings is 1. The molecule has 0 atom stereocenters. The summed E-state index contributed by atoms with van der Waals surface area (Å²) in [7, 11) is 1.93. The predicted molar refractivity (Wildman–Crippen MR) is 152 cm³/mol. The van der Waals surface area contributed by atoms with Gasteiger partial charge in [-0.2, -0.15) is 16.9 Å². The number of fused-ring (bicyclic) bond motifs is 1. The molecule has 0 spiro atoms. The molecule has 4 rings (SSSR count). The Morgan fingerprint density at radius 3 is 2.61 bits per heavy atom. The fourth-order valence-electron chi connectivity index (χ4n) is 5.22. The Morgan fingerprint density at radius 1 is 1.24 bits per heavy atom. The van der Waals surface area contributed by atoms with E-state index in [9.17, 15) is 4.79 Å². The molecule has 2 N–H and O–H groups in total. The summed E-state index contributed by atoms with van der Waals surface area (Å²) in [5.41, 5.74) is 2.89. The van der Waals surface area contributed by atoms with Crippen molar-refractivity contribution in [3.8, 4) is 5.75 Å². The molecular weight excluding hydrogens is 502 g/mol. The highest BCUT2D eigenvalue weighted by Crippen LogP contribution is 2.33. The lowest BCUT2D eigenvalue weighted by atomic mass is 9.80. The van der Waals surface area contributed by atoms with Crippen molar-refractivity contribution in [2.45, 2.75) is 52.5 Å². The summed E-state index contributed by atoms with van der Waals surface area (Å²) in [6, 6.07) is 2.18. The van der Waals surface area contributed by atoms with Crippen molar-refractivity contribution < 1.29 is 14.6 Å². The number of carboxylic acids is 1. The van der Waals surface area contributed by atoms with E-state index >= 15 is 0 Å². The highest BCUT2D eigenvalue weighted by molar-refractivity contribution is 7.98. The topological polar surface area (TPSA) is 118 Å². The molecule has 10 nitrogen and oxygen atoms in total. The van der Waals surface area contributed by atoms with Crippen LogP contribution in [0.25, 0.3) is 11.0 Å². The van der Waals surface area contributed by atoms with Gasteiger partial charge in [0.1, 0.15) is 5.82 Å². The molecule has 38 heavy (non-hydrogen) atoms. The number of carboxylic acid groups (broad SMARTS) is 1. The summed E-state index contributed by atoms with van der Waals surface area (Å²) < 4.78 is 7.50. The Kier molecular flexibility index (Phi) is 9.65. The molecule has 3 heterocycles. The molecular formula is C27H39N7O3S. The maximum absolute atomic E-state index is 11.1. The summed E-state index contributed by atoms with van der Waals surface area (Å²) in [4.78, 5) is 27.4. The van der Waals surface area contributed by atoms with E-state index in [-0.39, 0.29) is 6.42 Å². The average Bonchev–Trinajstić information content (AvgIpc) is 3.19. The molecule has 1 aliphatic carbocycles. The van der Waals surface area contributed by atoms with Gasteiger partial charge in [0.25, 0.3) is 0 Å². The number of aromatic nitrogens is 5. The minimum absolute atomic E-state index is 0.283. The van der Waals surface area contributed by atoms with Gasteiger partial charge >= 0.3 is 5.97 Å². The summed E-state index contributed by atoms with van der Waals surface area (Å²) in [5.74, 6) is 3.20. The van der Waals surface area contributed by atoms with Crippen LogP contribution in [0.15, 0.2) is 18.5 Å². The van der Waals surface area contributed by atoms with Gasteiger partial charge in [0, 0.05) is 49.8 Å². The predicted octanol–water partition coefficient (Wildman–Crippen LogP) is 4.53. The molecule has 0 aromatic carbocycles. The molecule has 1 saturated carbocycles. The summed E-state index contributed by atoms with van der Waals surface area (Å²) >= 11 is 1.74. The number of hydrogen-bond donors (Lipinski definition) is 2. The first-order valence-corrected chi connectivity index (χ1v) is 14.7. The van der Waals surface area contributed by atoms with E-state index in [1.165, 1.54) is 0 Å². The van der Waals surface area contributed by atoms with Crippen molar-refractivity contribution in [1.29, 1.82) is 0 Å². The number of nitrogens with one attached hydrogen (secondary N) is 1. The SMILES string of the molecule is CCN(CC1CCC(CC(=O)O)CC1)c1nc2c(cc1CNc1ncc(OCCSC)cn1)c(C)nn2C. The minimum atomic E-state index is -0.688. The molecule has 1 aliphatic rings. The Morgan fingerprint density at radius 2 is 1.95 bits per heavy atom. The minimum Gasteiger partial charge on any atom is -0.489 e. The van der Waals surface area contributed by atoms with Gasteiger partial charge in [0.15, 0.2) is 11.4 Å². The highest BCUT2D eigenvalue weighted by Gasteiger charge is 2.26. The molecule has 0 saturated heterocycles. The first-order valence-electron chi connectivity index (χ1n) is 13.4. The van der Waals surface area contributed by atoms with Gasteiger partial charge < -0.3 is 20.1 Å². The molecule has 11 heteroatoms. The van der Waals surface area contributed by atoms with E-state index in [0.717, 1.165) is 72.6 Å². The quantitative estimate of drug-likeness (QED) is 0.299. The van der Waals surface area contributed by atoms with Gasteiger partial charge in [0.2, 0.25) is 5.95 Å². The Hall–Kier alpha value is -3.08. The molecule has 3 aromatic rings. The zero-order valence-corrected chi connectivity index (χ0v) is 23.6. The van der Waals surface area contributed by atoms with Crippen LogP contribution in [0.5, 0.6) is 5.75 Å². The van der Waals surface area contributed by atoms with Crippen molar-refractivity contribution in [3.63, 3.8) is 0 Å². The van der Waals surface area contributed by atoms with Crippen LogP contribution in [-0.2, 0) is 18.4 Å². The van der Waals surface area contributed by atoms with E-state index in [4.69, 9.17) is 14.8 Å². The van der Waals surface area contributed by atoms with Crippen LogP contribution in [0.2, 0.25) is 0 Å². The van der Waals surface area contributed by atoms with Gasteiger partial charge in [-0.05, 0) is 63.7 Å². The van der Waals surface area contributed by atoms with Crippen molar-refractivity contribution in [1.82, 2.24) is 24.7 Å². The number of nitrogens with zero attached hydrogens (tertiary/aromatic N) is 6. The number of thioether (sulfide) groups is 1. The number of ether oxygens (including phenoxy) is 1. The lowest BCUT2D eigenvalue weighted by molar-refractivity contribution is -0.138. The van der Waals surface area contributed by atoms with Crippen molar-refractivity contribution >= 4 is 40.5 Å². The van der Waals surface area contributed by atoms with Gasteiger partial charge in [0.05, 0.1) is 24.7 Å². The van der Waals surface area contributed by atoms with Crippen LogP contribution >= 0.6 is 11.8 Å². The van der Waals surface area contributed by atoms with Crippen molar-refractivity contribution in [3.05, 3.63) is 29.7 Å². The summed E-state index contributed by atoms with van der Waals surface area (Å²) in [6.07, 6.45) is 9.78. The molecule has 0 amide bonds. The molecule has 3 aromatic heterocycles. The second-order valence-corrected chi connectivity index (χ2v) is 11.0. The Balaban J connectivity index is 1.50. The molecule has 0 bridgehead atoms. The molecule has 0 radical (unpaired) electrons. The summed E-state index contributed by atoms with van der Waals surface area (Å²) in [5, 5.41) is 18.1. The third-order valence-electron chi connectivity index (χ3n) is 7.27. The second kappa shape index (κ2) is 13.1. The number of carbonyl (C=O) groups is 1. The van der Waals surface area contributed by atoms with Gasteiger partial charge in [-0.15, -0.1) is 0 Å². The van der Waals surface area contributed by atoms with Crippen LogP contribution < -0.4 is 15.0 Å². The molecule has 206 valence electrons. The van der Waals surface area contributed by atoms with E-state index in [1.54, 1.807) is 24.2 Å². The maximum Gasteiger partial charge on any atom is 0.303 e. The van der Waals surface area contributed by atoms with Crippen LogP contribution in [0.4, 0.5) is 11.8 Å². The zero-order chi connectivity index (χ0) is 27.1. The monoisotopic (exact) mass is 541 g/mol. The van der Waals surface area contributed by atoms with Crippen molar-refractivity contribution in [2.75, 3.05) is 41.9 Å². The Labute approximate surface area is 228 Å². The molecule has 1 fully saturated rings. The van der Waals surface area contributed by atoms with Gasteiger partial charge in [-0.25, -0.2) is 15.0 Å². The van der Waals surface area contributed by atoms with Gasteiger partial charge in [-0.1, -0.05) is 0 Å². The number of anilines is 2. The van der Waals surface area contributed by atoms with Crippen LogP contribution in [0.3, 0.4) is 0 Å². The zero-order valence-electron chi connectivity index (χ0n) is 22.8. The third-order valence-corrected chi connectivity index (χ3v) is 7.84. The van der Waals surface area contributed by atoms with Crippen LogP contribution in [-0.4, -0.2) is 67.5 Å². The van der Waals surface area contributed by atoms with Crippen LogP contribution in [0.1, 0.15) is 50.3 Å². The van der Waals surface area contributed by atoms with Crippen LogP contribution in [0, 0.1) is 18.8 Å². The largest absolute Gasteiger partial charge is 0.489 e. The second-order valence-electron chi connectivity index (χ2n) is 10.0. The van der Waals surface area contributed by atoms with Gasteiger partial charge in [-0.3, -0.25) is 9.48 Å². The molecule has 0 aliphatic heterocycles. The number of aliphatic carboxylic acids is 1. The standard InChI is InChI=1S/C27H39N7O3S/c1-5-34(17-20-8-6-19(7-9-20)12-24(35)36)25-21(13-23-18(2)32-33(3)26(23)31-25)14-28-27-29-15-22(16-30-27)37-10-11-38-4/h13,15-16,19-20H,5-12,14,17H2,1-4H3,(H,35,36)(H,28,29,30). The van der Waals surface area contributed by atoms with E-state index < -0.39 is 5.97 Å². The first-order chi connectivity index (χ1) is 18.4. The lowest BCUT2D eigenvalue weighted by Gasteiger charge is -2.33. The molecule has 0 unspecified atom stereocenters. The van der Waals surface area contributed by atoms with E-state index in [0.29, 0.717) is 36.7 Å². The fourth-order valence-corrected chi connectivity index (χ4v) is 5.47. The smallest absolute Gasteiger partial charge is 0.303 e. The third kappa shape index (κ3) is 7.06.